The Labute approximate surface area is 95.8 Å². The summed E-state index contributed by atoms with van der Waals surface area (Å²) >= 11 is 0. The lowest BCUT2D eigenvalue weighted by atomic mass is 10.1. The maximum Gasteiger partial charge on any atom is 0.305 e. The summed E-state index contributed by atoms with van der Waals surface area (Å²) in [6.45, 7) is 4.99. The molecule has 1 rings (SSSR count). The van der Waals surface area contributed by atoms with Gasteiger partial charge in [0.05, 0.1) is 12.5 Å². The highest BCUT2D eigenvalue weighted by Gasteiger charge is 2.28. The Hall–Kier alpha value is -1.10. The fourth-order valence-electron chi connectivity index (χ4n) is 1.93. The summed E-state index contributed by atoms with van der Waals surface area (Å²) in [5.74, 6) is -0.827. The number of hydrogen-bond acceptors (Lipinski definition) is 3. The number of rotatable bonds is 5. The van der Waals surface area contributed by atoms with E-state index < -0.39 is 5.97 Å². The molecule has 1 atom stereocenters. The largest absolute Gasteiger partial charge is 0.481 e. The molecule has 5 heteroatoms. The molecule has 0 aromatic heterocycles. The number of carboxylic acids is 1. The first-order valence-corrected chi connectivity index (χ1v) is 5.78. The Bertz CT molecular complexity index is 260. The number of carboxylic acid groups (broad SMARTS) is 1. The molecule has 0 radical (unpaired) electrons. The molecule has 0 aromatic rings. The Kier molecular flexibility index (Phi) is 4.73. The molecule has 1 unspecified atom stereocenters. The van der Waals surface area contributed by atoms with Crippen LogP contribution in [0, 0.1) is 0 Å². The van der Waals surface area contributed by atoms with E-state index in [1.54, 1.807) is 4.90 Å². The molecule has 5 nitrogen and oxygen atoms in total. The minimum absolute atomic E-state index is 0.0106. The van der Waals surface area contributed by atoms with Crippen molar-refractivity contribution in [3.05, 3.63) is 0 Å². The summed E-state index contributed by atoms with van der Waals surface area (Å²) in [4.78, 5) is 24.2. The molecule has 1 saturated heterocycles. The minimum atomic E-state index is -0.863. The molecule has 0 spiro atoms. The van der Waals surface area contributed by atoms with Gasteiger partial charge >= 0.3 is 5.97 Å². The normalized spacial score (nSPS) is 20.1. The van der Waals surface area contributed by atoms with Gasteiger partial charge in [0.1, 0.15) is 0 Å². The van der Waals surface area contributed by atoms with Crippen LogP contribution >= 0.6 is 0 Å². The van der Waals surface area contributed by atoms with E-state index in [1.165, 1.54) is 0 Å². The fraction of sp³-hybridized carbons (Fsp3) is 0.818. The van der Waals surface area contributed by atoms with Crippen LogP contribution in [0.4, 0.5) is 0 Å². The zero-order valence-corrected chi connectivity index (χ0v) is 9.90. The number of aliphatic carboxylic acids is 1. The molecule has 1 heterocycles. The molecule has 0 saturated carbocycles. The van der Waals surface area contributed by atoms with Crippen LogP contribution in [0.15, 0.2) is 0 Å². The minimum Gasteiger partial charge on any atom is -0.481 e. The van der Waals surface area contributed by atoms with Crippen LogP contribution < -0.4 is 5.32 Å². The molecular formula is C11H20N2O3. The van der Waals surface area contributed by atoms with Gasteiger partial charge in [-0.3, -0.25) is 9.59 Å². The topological polar surface area (TPSA) is 69.6 Å². The molecule has 2 N–H and O–H groups in total. The standard InChI is InChI=1S/C11H20N2O3/c1-8(2)13(7-5-10(14)15)11(16)9-4-3-6-12-9/h8-9,12H,3-7H2,1-2H3,(H,14,15). The average Bonchev–Trinajstić information content (AvgIpc) is 2.69. The SMILES string of the molecule is CC(C)N(CCC(=O)O)C(=O)C1CCCN1. The second-order valence-electron chi connectivity index (χ2n) is 4.42. The second-order valence-corrected chi connectivity index (χ2v) is 4.42. The lowest BCUT2D eigenvalue weighted by Crippen LogP contribution is -2.47. The predicted octanol–water partition coefficient (Wildman–Crippen LogP) is 0.450. The molecule has 1 fully saturated rings. The Balaban J connectivity index is 2.54. The first-order chi connectivity index (χ1) is 7.52. The highest BCUT2D eigenvalue weighted by molar-refractivity contribution is 5.82. The van der Waals surface area contributed by atoms with Crippen LogP contribution in [0.5, 0.6) is 0 Å². The Morgan fingerprint density at radius 3 is 2.62 bits per heavy atom. The molecule has 0 bridgehead atoms. The second kappa shape index (κ2) is 5.84. The number of carbonyl (C=O) groups excluding carboxylic acids is 1. The number of carbonyl (C=O) groups is 2. The van der Waals surface area contributed by atoms with Crippen molar-refractivity contribution in [2.24, 2.45) is 0 Å². The molecular weight excluding hydrogens is 208 g/mol. The molecule has 0 aromatic carbocycles. The van der Waals surface area contributed by atoms with Gasteiger partial charge in [-0.25, -0.2) is 0 Å². The molecule has 16 heavy (non-hydrogen) atoms. The number of nitrogens with zero attached hydrogens (tertiary/aromatic N) is 1. The van der Waals surface area contributed by atoms with Gasteiger partial charge in [0.25, 0.3) is 0 Å². The van der Waals surface area contributed by atoms with E-state index in [9.17, 15) is 9.59 Å². The molecule has 92 valence electrons. The van der Waals surface area contributed by atoms with Gasteiger partial charge in [-0.2, -0.15) is 0 Å². The van der Waals surface area contributed by atoms with Crippen molar-refractivity contribution in [2.45, 2.75) is 45.2 Å². The zero-order chi connectivity index (χ0) is 12.1. The first kappa shape index (κ1) is 13.0. The number of amides is 1. The van der Waals surface area contributed by atoms with E-state index in [2.05, 4.69) is 5.32 Å². The van der Waals surface area contributed by atoms with E-state index in [1.807, 2.05) is 13.8 Å². The van der Waals surface area contributed by atoms with Gasteiger partial charge in [-0.05, 0) is 33.2 Å². The highest BCUT2D eigenvalue weighted by atomic mass is 16.4. The third-order valence-corrected chi connectivity index (χ3v) is 2.83. The average molecular weight is 228 g/mol. The van der Waals surface area contributed by atoms with Gasteiger partial charge < -0.3 is 15.3 Å². The summed E-state index contributed by atoms with van der Waals surface area (Å²) in [5.41, 5.74) is 0. The van der Waals surface area contributed by atoms with Crippen LogP contribution in [0.25, 0.3) is 0 Å². The molecule has 1 aliphatic rings. The first-order valence-electron chi connectivity index (χ1n) is 5.78. The van der Waals surface area contributed by atoms with Gasteiger partial charge in [0, 0.05) is 12.6 Å². The van der Waals surface area contributed by atoms with Crippen LogP contribution in [0.1, 0.15) is 33.1 Å². The van der Waals surface area contributed by atoms with Gasteiger partial charge in [0.2, 0.25) is 5.91 Å². The lowest BCUT2D eigenvalue weighted by molar-refractivity contribution is -0.139. The Morgan fingerprint density at radius 2 is 2.19 bits per heavy atom. The van der Waals surface area contributed by atoms with Crippen LogP contribution in [-0.4, -0.2) is 47.1 Å². The van der Waals surface area contributed by atoms with Crippen molar-refractivity contribution in [1.82, 2.24) is 10.2 Å². The quantitative estimate of drug-likeness (QED) is 0.717. The maximum atomic E-state index is 12.1. The van der Waals surface area contributed by atoms with Gasteiger partial charge in [-0.15, -0.1) is 0 Å². The van der Waals surface area contributed by atoms with Crippen molar-refractivity contribution in [3.8, 4) is 0 Å². The Morgan fingerprint density at radius 1 is 1.50 bits per heavy atom. The third kappa shape index (κ3) is 3.48. The van der Waals surface area contributed by atoms with E-state index in [0.717, 1.165) is 19.4 Å². The van der Waals surface area contributed by atoms with Crippen LogP contribution in [0.2, 0.25) is 0 Å². The summed E-state index contributed by atoms with van der Waals surface area (Å²) in [6.07, 6.45) is 1.88. The predicted molar refractivity (Wildman–Crippen MR) is 60.1 cm³/mol. The van der Waals surface area contributed by atoms with Crippen LogP contribution in [0.3, 0.4) is 0 Å². The van der Waals surface area contributed by atoms with Crippen molar-refractivity contribution >= 4 is 11.9 Å². The van der Waals surface area contributed by atoms with Crippen LogP contribution in [-0.2, 0) is 9.59 Å². The van der Waals surface area contributed by atoms with E-state index in [4.69, 9.17) is 5.11 Å². The van der Waals surface area contributed by atoms with Gasteiger partial charge in [0.15, 0.2) is 0 Å². The third-order valence-electron chi connectivity index (χ3n) is 2.83. The summed E-state index contributed by atoms with van der Waals surface area (Å²) in [7, 11) is 0. The van der Waals surface area contributed by atoms with Crippen molar-refractivity contribution in [1.29, 1.82) is 0 Å². The number of nitrogens with one attached hydrogen (secondary N) is 1. The lowest BCUT2D eigenvalue weighted by Gasteiger charge is -2.28. The van der Waals surface area contributed by atoms with Crippen molar-refractivity contribution in [2.75, 3.05) is 13.1 Å². The summed E-state index contributed by atoms with van der Waals surface area (Å²) < 4.78 is 0. The van der Waals surface area contributed by atoms with Crippen molar-refractivity contribution < 1.29 is 14.7 Å². The summed E-state index contributed by atoms with van der Waals surface area (Å²) in [5, 5.41) is 11.8. The number of hydrogen-bond donors (Lipinski definition) is 2. The van der Waals surface area contributed by atoms with E-state index >= 15 is 0 Å². The molecule has 1 amide bonds. The smallest absolute Gasteiger partial charge is 0.305 e. The molecule has 1 aliphatic heterocycles. The maximum absolute atomic E-state index is 12.1. The van der Waals surface area contributed by atoms with Crippen molar-refractivity contribution in [3.63, 3.8) is 0 Å². The fourth-order valence-corrected chi connectivity index (χ4v) is 1.93. The zero-order valence-electron chi connectivity index (χ0n) is 9.90. The highest BCUT2D eigenvalue weighted by Crippen LogP contribution is 2.11. The van der Waals surface area contributed by atoms with E-state index in [-0.39, 0.29) is 24.4 Å². The monoisotopic (exact) mass is 228 g/mol. The van der Waals surface area contributed by atoms with E-state index in [0.29, 0.717) is 6.54 Å². The summed E-state index contributed by atoms with van der Waals surface area (Å²) in [6, 6.07) is -0.0644. The van der Waals surface area contributed by atoms with Gasteiger partial charge in [-0.1, -0.05) is 0 Å². The molecule has 0 aliphatic carbocycles.